The van der Waals surface area contributed by atoms with Crippen molar-refractivity contribution in [2.75, 3.05) is 6.54 Å². The molecule has 1 rings (SSSR count). The standard InChI is InChI=1S/C13H24N2O3/c1-12(2,3)10(16)9(15-13(4,5)6)8-7-14-11(17)18-8/h8-9,15H,7H2,1-6H3,(H,14,17)/t8?,9-/m1/s1. The molecule has 1 aliphatic rings. The molecule has 1 saturated heterocycles. The molecule has 1 amide bonds. The van der Waals surface area contributed by atoms with Crippen LogP contribution in [0.4, 0.5) is 4.79 Å². The Morgan fingerprint density at radius 1 is 1.33 bits per heavy atom. The van der Waals surface area contributed by atoms with E-state index in [1.165, 1.54) is 0 Å². The summed E-state index contributed by atoms with van der Waals surface area (Å²) in [5.74, 6) is 0.0546. The number of nitrogens with one attached hydrogen (secondary N) is 2. The molecule has 0 radical (unpaired) electrons. The maximum absolute atomic E-state index is 12.5. The first-order valence-electron chi connectivity index (χ1n) is 6.27. The van der Waals surface area contributed by atoms with Crippen LogP contribution >= 0.6 is 0 Å². The summed E-state index contributed by atoms with van der Waals surface area (Å²) >= 11 is 0. The van der Waals surface area contributed by atoms with E-state index in [0.29, 0.717) is 6.54 Å². The van der Waals surface area contributed by atoms with Gasteiger partial charge in [0.2, 0.25) is 0 Å². The van der Waals surface area contributed by atoms with Crippen LogP contribution in [0.25, 0.3) is 0 Å². The van der Waals surface area contributed by atoms with E-state index in [1.54, 1.807) is 0 Å². The summed E-state index contributed by atoms with van der Waals surface area (Å²) in [7, 11) is 0. The average Bonchev–Trinajstić information content (AvgIpc) is 2.57. The van der Waals surface area contributed by atoms with Gasteiger partial charge in [0.25, 0.3) is 0 Å². The first kappa shape index (κ1) is 15.0. The lowest BCUT2D eigenvalue weighted by molar-refractivity contribution is -0.131. The lowest BCUT2D eigenvalue weighted by atomic mass is 9.83. The summed E-state index contributed by atoms with van der Waals surface area (Å²) in [5.41, 5.74) is -0.696. The van der Waals surface area contributed by atoms with Crippen LogP contribution in [0, 0.1) is 5.41 Å². The van der Waals surface area contributed by atoms with Crippen molar-refractivity contribution in [2.45, 2.75) is 59.2 Å². The Labute approximate surface area is 109 Å². The topological polar surface area (TPSA) is 67.4 Å². The number of hydrogen-bond donors (Lipinski definition) is 2. The molecule has 2 atom stereocenters. The highest BCUT2D eigenvalue weighted by Gasteiger charge is 2.41. The van der Waals surface area contributed by atoms with Crippen molar-refractivity contribution >= 4 is 11.9 Å². The number of hydrogen-bond acceptors (Lipinski definition) is 4. The Morgan fingerprint density at radius 3 is 2.22 bits per heavy atom. The van der Waals surface area contributed by atoms with E-state index >= 15 is 0 Å². The summed E-state index contributed by atoms with van der Waals surface area (Å²) in [6, 6.07) is -0.482. The normalized spacial score (nSPS) is 22.3. The monoisotopic (exact) mass is 256 g/mol. The number of Topliss-reactive ketones (excluding diaryl/α,β-unsaturated/α-hetero) is 1. The quantitative estimate of drug-likeness (QED) is 0.802. The molecular weight excluding hydrogens is 232 g/mol. The lowest BCUT2D eigenvalue weighted by Gasteiger charge is -2.33. The number of ether oxygens (including phenoxy) is 1. The van der Waals surface area contributed by atoms with Crippen LogP contribution in [0.1, 0.15) is 41.5 Å². The summed E-state index contributed by atoms with van der Waals surface area (Å²) in [6.07, 6.45) is -0.897. The molecule has 0 aromatic rings. The molecule has 0 spiro atoms. The van der Waals surface area contributed by atoms with E-state index in [-0.39, 0.29) is 11.3 Å². The number of ketones is 1. The van der Waals surface area contributed by atoms with E-state index in [4.69, 9.17) is 4.74 Å². The highest BCUT2D eigenvalue weighted by Crippen LogP contribution is 2.22. The molecular formula is C13H24N2O3. The van der Waals surface area contributed by atoms with Crippen molar-refractivity contribution in [2.24, 2.45) is 5.41 Å². The van der Waals surface area contributed by atoms with Gasteiger partial charge in [-0.1, -0.05) is 20.8 Å². The van der Waals surface area contributed by atoms with Gasteiger partial charge in [0.1, 0.15) is 12.1 Å². The number of cyclic esters (lactones) is 1. The number of rotatable bonds is 3. The minimum atomic E-state index is -0.482. The molecule has 5 nitrogen and oxygen atoms in total. The smallest absolute Gasteiger partial charge is 0.407 e. The largest absolute Gasteiger partial charge is 0.442 e. The fraction of sp³-hybridized carbons (Fsp3) is 0.846. The summed E-state index contributed by atoms with van der Waals surface area (Å²) in [6.45, 7) is 11.9. The van der Waals surface area contributed by atoms with Crippen LogP contribution in [0.5, 0.6) is 0 Å². The molecule has 0 aliphatic carbocycles. The van der Waals surface area contributed by atoms with Crippen LogP contribution in [-0.4, -0.2) is 36.1 Å². The number of carbonyl (C=O) groups excluding carboxylic acids is 2. The second-order valence-corrected chi connectivity index (χ2v) is 6.81. The first-order chi connectivity index (χ1) is 8.00. The highest BCUT2D eigenvalue weighted by atomic mass is 16.6. The van der Waals surface area contributed by atoms with Gasteiger partial charge in [0.15, 0.2) is 5.78 Å². The Kier molecular flexibility index (Phi) is 4.05. The minimum absolute atomic E-state index is 0.0546. The fourth-order valence-corrected chi connectivity index (χ4v) is 1.85. The zero-order valence-electron chi connectivity index (χ0n) is 12.1. The molecule has 2 N–H and O–H groups in total. The molecule has 0 saturated carbocycles. The van der Waals surface area contributed by atoms with Crippen LogP contribution in [-0.2, 0) is 9.53 Å². The third-order valence-electron chi connectivity index (χ3n) is 2.69. The SMILES string of the molecule is CC(C)(C)N[C@@H](C(=O)C(C)(C)C)C1CNC(=O)O1. The average molecular weight is 256 g/mol. The van der Waals surface area contributed by atoms with E-state index < -0.39 is 23.7 Å². The molecule has 1 heterocycles. The maximum Gasteiger partial charge on any atom is 0.407 e. The van der Waals surface area contributed by atoms with Crippen molar-refractivity contribution in [3.05, 3.63) is 0 Å². The van der Waals surface area contributed by atoms with Crippen molar-refractivity contribution < 1.29 is 14.3 Å². The van der Waals surface area contributed by atoms with Crippen molar-refractivity contribution in [3.8, 4) is 0 Å². The number of alkyl carbamates (subject to hydrolysis) is 1. The molecule has 104 valence electrons. The summed E-state index contributed by atoms with van der Waals surface area (Å²) in [5, 5.41) is 5.85. The van der Waals surface area contributed by atoms with Crippen molar-refractivity contribution in [3.63, 3.8) is 0 Å². The maximum atomic E-state index is 12.5. The minimum Gasteiger partial charge on any atom is -0.442 e. The predicted molar refractivity (Wildman–Crippen MR) is 69.4 cm³/mol. The third-order valence-corrected chi connectivity index (χ3v) is 2.69. The molecule has 18 heavy (non-hydrogen) atoms. The lowest BCUT2D eigenvalue weighted by Crippen LogP contribution is -2.57. The summed E-state index contributed by atoms with van der Waals surface area (Å²) < 4.78 is 5.15. The molecule has 0 aromatic carbocycles. The zero-order chi connectivity index (χ0) is 14.1. The van der Waals surface area contributed by atoms with E-state index in [1.807, 2.05) is 41.5 Å². The molecule has 1 fully saturated rings. The Bertz CT molecular complexity index is 339. The van der Waals surface area contributed by atoms with Crippen LogP contribution < -0.4 is 10.6 Å². The molecule has 1 aliphatic heterocycles. The van der Waals surface area contributed by atoms with Gasteiger partial charge in [-0.3, -0.25) is 10.1 Å². The third kappa shape index (κ3) is 3.98. The Morgan fingerprint density at radius 2 is 1.89 bits per heavy atom. The number of carbonyl (C=O) groups is 2. The summed E-state index contributed by atoms with van der Waals surface area (Å²) in [4.78, 5) is 23.6. The first-order valence-corrected chi connectivity index (χ1v) is 6.27. The van der Waals surface area contributed by atoms with Crippen LogP contribution in [0.3, 0.4) is 0 Å². The van der Waals surface area contributed by atoms with Gasteiger partial charge in [-0.05, 0) is 20.8 Å². The van der Waals surface area contributed by atoms with Gasteiger partial charge in [-0.25, -0.2) is 4.79 Å². The highest BCUT2D eigenvalue weighted by molar-refractivity contribution is 5.90. The van der Waals surface area contributed by atoms with Crippen molar-refractivity contribution in [1.29, 1.82) is 0 Å². The molecule has 5 heteroatoms. The van der Waals surface area contributed by atoms with Gasteiger partial charge < -0.3 is 10.1 Å². The molecule has 1 unspecified atom stereocenters. The van der Waals surface area contributed by atoms with E-state index in [0.717, 1.165) is 0 Å². The van der Waals surface area contributed by atoms with Crippen molar-refractivity contribution in [1.82, 2.24) is 10.6 Å². The van der Waals surface area contributed by atoms with Gasteiger partial charge in [0.05, 0.1) is 6.54 Å². The van der Waals surface area contributed by atoms with Crippen LogP contribution in [0.2, 0.25) is 0 Å². The fourth-order valence-electron chi connectivity index (χ4n) is 1.85. The second-order valence-electron chi connectivity index (χ2n) is 6.81. The number of amides is 1. The van der Waals surface area contributed by atoms with E-state index in [9.17, 15) is 9.59 Å². The zero-order valence-corrected chi connectivity index (χ0v) is 12.1. The molecule has 0 bridgehead atoms. The predicted octanol–water partition coefficient (Wildman–Crippen LogP) is 1.47. The van der Waals surface area contributed by atoms with Gasteiger partial charge in [0, 0.05) is 11.0 Å². The van der Waals surface area contributed by atoms with Gasteiger partial charge >= 0.3 is 6.09 Å². The van der Waals surface area contributed by atoms with Gasteiger partial charge in [-0.15, -0.1) is 0 Å². The Balaban J connectivity index is 2.88. The molecule has 0 aromatic heterocycles. The Hall–Kier alpha value is -1.10. The van der Waals surface area contributed by atoms with E-state index in [2.05, 4.69) is 10.6 Å². The van der Waals surface area contributed by atoms with Crippen LogP contribution in [0.15, 0.2) is 0 Å². The second kappa shape index (κ2) is 4.88. The van der Waals surface area contributed by atoms with Gasteiger partial charge in [-0.2, -0.15) is 0 Å².